The Morgan fingerprint density at radius 3 is 2.17 bits per heavy atom. The number of hydrogen-bond acceptors (Lipinski definition) is 0. The van der Waals surface area contributed by atoms with E-state index >= 15 is 0 Å². The first-order chi connectivity index (χ1) is 14.7. The molecule has 0 nitrogen and oxygen atoms in total. The molecule has 0 aromatic heterocycles. The second-order valence-electron chi connectivity index (χ2n) is 9.28. The quantitative estimate of drug-likeness (QED) is 0.331. The van der Waals surface area contributed by atoms with E-state index in [2.05, 4.69) is 43.3 Å². The molecule has 0 unspecified atom stereocenters. The Morgan fingerprint density at radius 2 is 1.40 bits per heavy atom. The number of aryl methyl sites for hydroxylation is 2. The lowest BCUT2D eigenvalue weighted by molar-refractivity contribution is 0.303. The molecule has 0 radical (unpaired) electrons. The maximum Gasteiger partial charge on any atom is 0.123 e. The Labute approximate surface area is 181 Å². The Morgan fingerprint density at radius 1 is 0.733 bits per heavy atom. The first kappa shape index (κ1) is 21.1. The van der Waals surface area contributed by atoms with Crippen molar-refractivity contribution in [2.75, 3.05) is 0 Å². The van der Waals surface area contributed by atoms with Gasteiger partial charge in [-0.1, -0.05) is 81.1 Å². The van der Waals surface area contributed by atoms with Gasteiger partial charge in [-0.15, -0.1) is 0 Å². The summed E-state index contributed by atoms with van der Waals surface area (Å²) in [5, 5.41) is 2.10. The Kier molecular flexibility index (Phi) is 7.20. The van der Waals surface area contributed by atoms with Crippen LogP contribution in [-0.4, -0.2) is 0 Å². The van der Waals surface area contributed by atoms with Crippen molar-refractivity contribution in [1.29, 1.82) is 0 Å². The smallest absolute Gasteiger partial charge is 0.123 e. The molecule has 0 spiro atoms. The lowest BCUT2D eigenvalue weighted by atomic mass is 9.77. The molecule has 4 rings (SSSR count). The van der Waals surface area contributed by atoms with E-state index in [1.54, 1.807) is 17.7 Å². The molecule has 3 aromatic rings. The van der Waals surface area contributed by atoms with E-state index in [-0.39, 0.29) is 5.82 Å². The summed E-state index contributed by atoms with van der Waals surface area (Å²) in [6, 6.07) is 20.8. The molecule has 3 aromatic carbocycles. The van der Waals surface area contributed by atoms with Crippen molar-refractivity contribution in [3.8, 4) is 0 Å². The minimum Gasteiger partial charge on any atom is -0.207 e. The Balaban J connectivity index is 1.28. The lowest BCUT2D eigenvalue weighted by Gasteiger charge is -2.29. The Bertz CT molecular complexity index is 932. The van der Waals surface area contributed by atoms with Gasteiger partial charge in [0.15, 0.2) is 0 Å². The molecule has 0 heterocycles. The van der Waals surface area contributed by atoms with E-state index in [0.717, 1.165) is 35.4 Å². The van der Waals surface area contributed by atoms with Crippen LogP contribution in [0, 0.1) is 11.7 Å². The van der Waals surface area contributed by atoms with Crippen LogP contribution in [0.2, 0.25) is 0 Å². The lowest BCUT2D eigenvalue weighted by Crippen LogP contribution is -2.13. The summed E-state index contributed by atoms with van der Waals surface area (Å²) in [6.07, 6.45) is 13.3. The maximum atomic E-state index is 13.4. The van der Waals surface area contributed by atoms with Gasteiger partial charge in [-0.05, 0) is 90.0 Å². The fourth-order valence-electron chi connectivity index (χ4n) is 5.13. The number of benzene rings is 3. The molecule has 0 aliphatic heterocycles. The van der Waals surface area contributed by atoms with Gasteiger partial charge in [-0.3, -0.25) is 0 Å². The minimum atomic E-state index is -0.166. The molecule has 0 bridgehead atoms. The van der Waals surface area contributed by atoms with Gasteiger partial charge in [0.1, 0.15) is 5.82 Å². The zero-order chi connectivity index (χ0) is 20.8. The van der Waals surface area contributed by atoms with Crippen molar-refractivity contribution >= 4 is 10.8 Å². The summed E-state index contributed by atoms with van der Waals surface area (Å²) >= 11 is 0. The van der Waals surface area contributed by atoms with Crippen molar-refractivity contribution in [2.45, 2.75) is 77.0 Å². The van der Waals surface area contributed by atoms with Gasteiger partial charge in [-0.25, -0.2) is 4.39 Å². The molecular weight excluding hydrogens is 367 g/mol. The van der Waals surface area contributed by atoms with E-state index in [4.69, 9.17) is 0 Å². The summed E-state index contributed by atoms with van der Waals surface area (Å²) < 4.78 is 13.4. The minimum absolute atomic E-state index is 0.166. The third-order valence-corrected chi connectivity index (χ3v) is 7.08. The zero-order valence-electron chi connectivity index (χ0n) is 18.4. The third-order valence-electron chi connectivity index (χ3n) is 7.08. The van der Waals surface area contributed by atoms with E-state index in [1.165, 1.54) is 62.5 Å². The monoisotopic (exact) mass is 402 g/mol. The first-order valence-electron chi connectivity index (χ1n) is 12.0. The topological polar surface area (TPSA) is 0 Å². The molecule has 0 N–H and O–H groups in total. The summed E-state index contributed by atoms with van der Waals surface area (Å²) in [6.45, 7) is 2.30. The zero-order valence-corrected chi connectivity index (χ0v) is 18.4. The largest absolute Gasteiger partial charge is 0.207 e. The normalized spacial score (nSPS) is 19.3. The van der Waals surface area contributed by atoms with Crippen molar-refractivity contribution in [3.05, 3.63) is 83.2 Å². The van der Waals surface area contributed by atoms with Gasteiger partial charge >= 0.3 is 0 Å². The van der Waals surface area contributed by atoms with Crippen LogP contribution in [-0.2, 0) is 12.8 Å². The van der Waals surface area contributed by atoms with Gasteiger partial charge in [0.25, 0.3) is 0 Å². The number of halogens is 1. The number of fused-ring (bicyclic) bond motifs is 1. The molecule has 1 saturated carbocycles. The number of rotatable bonds is 8. The van der Waals surface area contributed by atoms with Crippen molar-refractivity contribution < 1.29 is 4.39 Å². The highest BCUT2D eigenvalue weighted by molar-refractivity contribution is 5.83. The van der Waals surface area contributed by atoms with Gasteiger partial charge in [0.05, 0.1) is 0 Å². The molecule has 1 aliphatic rings. The average molecular weight is 403 g/mol. The second-order valence-corrected chi connectivity index (χ2v) is 9.28. The average Bonchev–Trinajstić information content (AvgIpc) is 2.79. The van der Waals surface area contributed by atoms with Gasteiger partial charge in [0.2, 0.25) is 0 Å². The molecule has 30 heavy (non-hydrogen) atoms. The highest BCUT2D eigenvalue weighted by Crippen LogP contribution is 2.37. The van der Waals surface area contributed by atoms with Crippen LogP contribution >= 0.6 is 0 Å². The Hall–Kier alpha value is -2.15. The van der Waals surface area contributed by atoms with E-state index in [9.17, 15) is 4.39 Å². The highest BCUT2D eigenvalue weighted by Gasteiger charge is 2.21. The van der Waals surface area contributed by atoms with Crippen LogP contribution in [0.25, 0.3) is 10.8 Å². The van der Waals surface area contributed by atoms with Crippen LogP contribution in [0.15, 0.2) is 60.7 Å². The molecule has 0 amide bonds. The molecule has 0 atom stereocenters. The fourth-order valence-corrected chi connectivity index (χ4v) is 5.13. The second kappa shape index (κ2) is 10.2. The summed E-state index contributed by atoms with van der Waals surface area (Å²) in [5.74, 6) is 1.58. The molecule has 158 valence electrons. The SMILES string of the molecule is CCCCCC1CCC(c2ccc(CCc3ccc4cc(F)ccc4c3)cc2)CC1. The maximum absolute atomic E-state index is 13.4. The molecular formula is C29H35F. The van der Waals surface area contributed by atoms with Crippen LogP contribution in [0.1, 0.15) is 80.9 Å². The van der Waals surface area contributed by atoms with E-state index in [1.807, 2.05) is 12.1 Å². The van der Waals surface area contributed by atoms with Crippen LogP contribution in [0.4, 0.5) is 4.39 Å². The van der Waals surface area contributed by atoms with Crippen molar-refractivity contribution in [2.24, 2.45) is 5.92 Å². The van der Waals surface area contributed by atoms with E-state index < -0.39 is 0 Å². The third kappa shape index (κ3) is 5.50. The van der Waals surface area contributed by atoms with Crippen molar-refractivity contribution in [1.82, 2.24) is 0 Å². The van der Waals surface area contributed by atoms with Gasteiger partial charge in [0, 0.05) is 0 Å². The van der Waals surface area contributed by atoms with Crippen LogP contribution < -0.4 is 0 Å². The van der Waals surface area contributed by atoms with Crippen molar-refractivity contribution in [3.63, 3.8) is 0 Å². The van der Waals surface area contributed by atoms with Gasteiger partial charge in [-0.2, -0.15) is 0 Å². The summed E-state index contributed by atoms with van der Waals surface area (Å²) in [4.78, 5) is 0. The van der Waals surface area contributed by atoms with Crippen LogP contribution in [0.3, 0.4) is 0 Å². The summed E-state index contributed by atoms with van der Waals surface area (Å²) in [5.41, 5.74) is 4.27. The first-order valence-corrected chi connectivity index (χ1v) is 12.0. The van der Waals surface area contributed by atoms with Gasteiger partial charge < -0.3 is 0 Å². The summed E-state index contributed by atoms with van der Waals surface area (Å²) in [7, 11) is 0. The molecule has 1 heteroatoms. The molecule has 1 aliphatic carbocycles. The predicted molar refractivity (Wildman–Crippen MR) is 127 cm³/mol. The molecule has 0 saturated heterocycles. The molecule has 1 fully saturated rings. The highest BCUT2D eigenvalue weighted by atomic mass is 19.1. The number of hydrogen-bond donors (Lipinski definition) is 0. The standard InChI is InChI=1S/C29H35F/c1-2-3-4-5-22-8-13-25(14-9-22)26-15-10-23(11-16-26)6-7-24-12-17-28-21-29(30)19-18-27(28)20-24/h10-12,15-22,25H,2-9,13-14H2,1H3. The predicted octanol–water partition coefficient (Wildman–Crippen LogP) is 8.62. The van der Waals surface area contributed by atoms with E-state index in [0.29, 0.717) is 0 Å². The van der Waals surface area contributed by atoms with Crippen LogP contribution in [0.5, 0.6) is 0 Å². The number of unbranched alkanes of at least 4 members (excludes halogenated alkanes) is 2. The fraction of sp³-hybridized carbons (Fsp3) is 0.448.